The van der Waals surface area contributed by atoms with Crippen LogP contribution in [0.2, 0.25) is 0 Å². The first-order valence-electron chi connectivity index (χ1n) is 10.0. The lowest BCUT2D eigenvalue weighted by atomic mass is 9.80. The molecule has 5 nitrogen and oxygen atoms in total. The summed E-state index contributed by atoms with van der Waals surface area (Å²) in [5.74, 6) is -1.04. The molecule has 1 aliphatic heterocycles. The minimum Gasteiger partial charge on any atom is -0.469 e. The second kappa shape index (κ2) is 10.0. The molecule has 5 heteroatoms. The normalized spacial score (nSPS) is 22.0. The fourth-order valence-corrected chi connectivity index (χ4v) is 3.77. The Labute approximate surface area is 172 Å². The second-order valence-corrected chi connectivity index (χ2v) is 7.83. The van der Waals surface area contributed by atoms with Gasteiger partial charge < -0.3 is 18.9 Å². The van der Waals surface area contributed by atoms with Crippen LogP contribution in [0.25, 0.3) is 0 Å². The topological polar surface area (TPSA) is 54.0 Å². The van der Waals surface area contributed by atoms with Crippen LogP contribution in [0.3, 0.4) is 0 Å². The number of carbonyl (C=O) groups excluding carboxylic acids is 1. The number of benzene rings is 2. The largest absolute Gasteiger partial charge is 0.469 e. The third kappa shape index (κ3) is 6.13. The fourth-order valence-electron chi connectivity index (χ4n) is 3.77. The van der Waals surface area contributed by atoms with Gasteiger partial charge in [0.25, 0.3) is 0 Å². The van der Waals surface area contributed by atoms with Gasteiger partial charge in [-0.1, -0.05) is 60.7 Å². The lowest BCUT2D eigenvalue weighted by Gasteiger charge is -2.44. The molecule has 0 N–H and O–H groups in total. The highest BCUT2D eigenvalue weighted by atomic mass is 16.7. The molecule has 0 aliphatic carbocycles. The summed E-state index contributed by atoms with van der Waals surface area (Å²) in [5, 5.41) is 0. The Morgan fingerprint density at radius 2 is 1.76 bits per heavy atom. The molecule has 3 unspecified atom stereocenters. The number of rotatable bonds is 8. The number of methoxy groups -OCH3 is 1. The molecule has 0 aromatic heterocycles. The maximum Gasteiger partial charge on any atom is 0.306 e. The van der Waals surface area contributed by atoms with E-state index in [1.54, 1.807) is 0 Å². The summed E-state index contributed by atoms with van der Waals surface area (Å²) in [7, 11) is 1.42. The Hall–Kier alpha value is -2.21. The number of ether oxygens (including phenoxy) is 4. The van der Waals surface area contributed by atoms with Crippen molar-refractivity contribution < 1.29 is 23.7 Å². The Balaban J connectivity index is 1.76. The molecule has 2 aromatic carbocycles. The fraction of sp³-hybridized carbons (Fsp3) is 0.458. The van der Waals surface area contributed by atoms with E-state index in [9.17, 15) is 4.79 Å². The molecule has 0 spiro atoms. The monoisotopic (exact) mass is 398 g/mol. The smallest absolute Gasteiger partial charge is 0.306 e. The van der Waals surface area contributed by atoms with E-state index in [0.29, 0.717) is 19.8 Å². The van der Waals surface area contributed by atoms with Gasteiger partial charge >= 0.3 is 5.97 Å². The summed E-state index contributed by atoms with van der Waals surface area (Å²) in [6.07, 6.45) is 0.0744. The SMILES string of the molecule is COC(=O)CC(c1ccccc1)C1COC(C)(C)OC1COCc1ccccc1. The van der Waals surface area contributed by atoms with Crippen molar-refractivity contribution in [2.24, 2.45) is 5.92 Å². The van der Waals surface area contributed by atoms with Crippen molar-refractivity contribution >= 4 is 5.97 Å². The van der Waals surface area contributed by atoms with Crippen molar-refractivity contribution in [3.05, 3.63) is 71.8 Å². The molecular formula is C24H30O5. The van der Waals surface area contributed by atoms with Gasteiger partial charge in [-0.05, 0) is 25.0 Å². The number of carbonyl (C=O) groups is 1. The highest BCUT2D eigenvalue weighted by Gasteiger charge is 2.41. The lowest BCUT2D eigenvalue weighted by Crippen LogP contribution is -2.49. The quantitative estimate of drug-likeness (QED) is 0.620. The molecule has 1 aliphatic rings. The van der Waals surface area contributed by atoms with Gasteiger partial charge in [0.2, 0.25) is 0 Å². The van der Waals surface area contributed by atoms with E-state index >= 15 is 0 Å². The summed E-state index contributed by atoms with van der Waals surface area (Å²) in [4.78, 5) is 12.1. The summed E-state index contributed by atoms with van der Waals surface area (Å²) in [6.45, 7) is 5.25. The van der Waals surface area contributed by atoms with E-state index in [1.165, 1.54) is 7.11 Å². The molecule has 0 saturated carbocycles. The zero-order valence-corrected chi connectivity index (χ0v) is 17.4. The number of hydrogen-bond acceptors (Lipinski definition) is 5. The van der Waals surface area contributed by atoms with E-state index in [1.807, 2.05) is 74.5 Å². The Morgan fingerprint density at radius 1 is 1.10 bits per heavy atom. The standard InChI is InChI=1S/C24H30O5/c1-24(2)28-16-21(20(14-23(25)26-3)19-12-8-5-9-13-19)22(29-24)17-27-15-18-10-6-4-7-11-18/h4-13,20-22H,14-17H2,1-3H3. The van der Waals surface area contributed by atoms with Gasteiger partial charge in [-0.2, -0.15) is 0 Å². The third-order valence-corrected chi connectivity index (χ3v) is 5.29. The van der Waals surface area contributed by atoms with Crippen LogP contribution in [-0.2, 0) is 30.3 Å². The van der Waals surface area contributed by atoms with Crippen LogP contribution >= 0.6 is 0 Å². The van der Waals surface area contributed by atoms with Gasteiger partial charge in [0.05, 0.1) is 39.5 Å². The third-order valence-electron chi connectivity index (χ3n) is 5.29. The summed E-state index contributed by atoms with van der Waals surface area (Å²) in [6, 6.07) is 20.1. The Kier molecular flexibility index (Phi) is 7.42. The van der Waals surface area contributed by atoms with Crippen molar-refractivity contribution in [2.75, 3.05) is 20.3 Å². The van der Waals surface area contributed by atoms with Gasteiger partial charge in [-0.3, -0.25) is 4.79 Å². The highest BCUT2D eigenvalue weighted by Crippen LogP contribution is 2.38. The van der Waals surface area contributed by atoms with Crippen LogP contribution in [0.5, 0.6) is 0 Å². The van der Waals surface area contributed by atoms with E-state index in [4.69, 9.17) is 18.9 Å². The van der Waals surface area contributed by atoms with Gasteiger partial charge in [0, 0.05) is 11.8 Å². The molecule has 29 heavy (non-hydrogen) atoms. The van der Waals surface area contributed by atoms with Crippen molar-refractivity contribution in [1.29, 1.82) is 0 Å². The first-order valence-corrected chi connectivity index (χ1v) is 10.0. The zero-order valence-electron chi connectivity index (χ0n) is 17.4. The molecule has 1 saturated heterocycles. The average molecular weight is 398 g/mol. The number of hydrogen-bond donors (Lipinski definition) is 0. The molecule has 2 aromatic rings. The maximum absolute atomic E-state index is 12.1. The maximum atomic E-state index is 12.1. The molecule has 3 atom stereocenters. The van der Waals surface area contributed by atoms with Crippen LogP contribution in [0.15, 0.2) is 60.7 Å². The molecule has 0 amide bonds. The molecule has 0 bridgehead atoms. The second-order valence-electron chi connectivity index (χ2n) is 7.83. The first kappa shape index (κ1) is 21.5. The summed E-state index contributed by atoms with van der Waals surface area (Å²) >= 11 is 0. The van der Waals surface area contributed by atoms with Crippen molar-refractivity contribution in [3.8, 4) is 0 Å². The Bertz CT molecular complexity index is 759. The van der Waals surface area contributed by atoms with Crippen LogP contribution in [-0.4, -0.2) is 38.2 Å². The van der Waals surface area contributed by atoms with Crippen LogP contribution in [0, 0.1) is 5.92 Å². The first-order chi connectivity index (χ1) is 14.0. The van der Waals surface area contributed by atoms with E-state index in [2.05, 4.69) is 0 Å². The van der Waals surface area contributed by atoms with Gasteiger partial charge in [0.15, 0.2) is 5.79 Å². The minimum atomic E-state index is -0.691. The minimum absolute atomic E-state index is 0.0275. The zero-order chi connectivity index (χ0) is 20.7. The van der Waals surface area contributed by atoms with Crippen molar-refractivity contribution in [1.82, 2.24) is 0 Å². The summed E-state index contributed by atoms with van der Waals surface area (Å²) in [5.41, 5.74) is 2.19. The van der Waals surface area contributed by atoms with Gasteiger partial charge in [-0.25, -0.2) is 0 Å². The van der Waals surface area contributed by atoms with Gasteiger partial charge in [-0.15, -0.1) is 0 Å². The van der Waals surface area contributed by atoms with E-state index in [0.717, 1.165) is 11.1 Å². The predicted octanol–water partition coefficient (Wildman–Crippen LogP) is 4.32. The molecule has 3 rings (SSSR count). The summed E-state index contributed by atoms with van der Waals surface area (Å²) < 4.78 is 23.2. The Morgan fingerprint density at radius 3 is 2.41 bits per heavy atom. The van der Waals surface area contributed by atoms with Crippen LogP contribution in [0.4, 0.5) is 0 Å². The van der Waals surface area contributed by atoms with E-state index in [-0.39, 0.29) is 30.3 Å². The van der Waals surface area contributed by atoms with Crippen molar-refractivity contribution in [2.45, 2.75) is 44.7 Å². The molecule has 1 heterocycles. The van der Waals surface area contributed by atoms with Crippen molar-refractivity contribution in [3.63, 3.8) is 0 Å². The van der Waals surface area contributed by atoms with Gasteiger partial charge in [0.1, 0.15) is 0 Å². The molecule has 1 fully saturated rings. The molecular weight excluding hydrogens is 368 g/mol. The van der Waals surface area contributed by atoms with Crippen LogP contribution in [0.1, 0.15) is 37.3 Å². The molecule has 0 radical (unpaired) electrons. The number of esters is 1. The van der Waals surface area contributed by atoms with Crippen LogP contribution < -0.4 is 0 Å². The average Bonchev–Trinajstić information content (AvgIpc) is 2.73. The lowest BCUT2D eigenvalue weighted by molar-refractivity contribution is -0.303. The highest BCUT2D eigenvalue weighted by molar-refractivity contribution is 5.70. The molecule has 156 valence electrons. The predicted molar refractivity (Wildman–Crippen MR) is 110 cm³/mol. The van der Waals surface area contributed by atoms with E-state index < -0.39 is 5.79 Å².